The summed E-state index contributed by atoms with van der Waals surface area (Å²) in [6.45, 7) is -0.243. The standard InChI is InChI=1S/C14H19F4NO2/c1-20-7-6-19-8-11(9-21-10-14(16,17)18)12-4-2-3-5-13(12)15/h2-5,11,19H,6-10H2,1H3. The van der Waals surface area contributed by atoms with Gasteiger partial charge in [-0.25, -0.2) is 4.39 Å². The van der Waals surface area contributed by atoms with Crippen molar-refractivity contribution in [3.8, 4) is 0 Å². The van der Waals surface area contributed by atoms with E-state index in [0.29, 0.717) is 25.3 Å². The maximum Gasteiger partial charge on any atom is 0.411 e. The van der Waals surface area contributed by atoms with Gasteiger partial charge in [-0.05, 0) is 11.6 Å². The molecule has 3 nitrogen and oxygen atoms in total. The lowest BCUT2D eigenvalue weighted by molar-refractivity contribution is -0.174. The largest absolute Gasteiger partial charge is 0.411 e. The van der Waals surface area contributed by atoms with Crippen molar-refractivity contribution >= 4 is 0 Å². The smallest absolute Gasteiger partial charge is 0.383 e. The molecule has 0 aliphatic heterocycles. The highest BCUT2D eigenvalue weighted by Gasteiger charge is 2.28. The van der Waals surface area contributed by atoms with Crippen LogP contribution in [0.1, 0.15) is 11.5 Å². The Labute approximate surface area is 121 Å². The first-order valence-electron chi connectivity index (χ1n) is 6.52. The van der Waals surface area contributed by atoms with Crippen LogP contribution in [0.5, 0.6) is 0 Å². The second-order valence-electron chi connectivity index (χ2n) is 4.55. The zero-order valence-corrected chi connectivity index (χ0v) is 11.8. The lowest BCUT2D eigenvalue weighted by Crippen LogP contribution is -2.29. The maximum absolute atomic E-state index is 13.7. The van der Waals surface area contributed by atoms with Gasteiger partial charge in [-0.3, -0.25) is 0 Å². The molecule has 1 aromatic rings. The highest BCUT2D eigenvalue weighted by atomic mass is 19.4. The van der Waals surface area contributed by atoms with Crippen LogP contribution in [0.15, 0.2) is 24.3 Å². The zero-order valence-electron chi connectivity index (χ0n) is 11.8. The lowest BCUT2D eigenvalue weighted by Gasteiger charge is -2.19. The third kappa shape index (κ3) is 7.40. The molecule has 0 radical (unpaired) electrons. The van der Waals surface area contributed by atoms with Gasteiger partial charge in [-0.1, -0.05) is 18.2 Å². The summed E-state index contributed by atoms with van der Waals surface area (Å²) in [7, 11) is 1.54. The van der Waals surface area contributed by atoms with Crippen LogP contribution in [0.3, 0.4) is 0 Å². The molecule has 1 rings (SSSR count). The van der Waals surface area contributed by atoms with E-state index < -0.39 is 24.5 Å². The van der Waals surface area contributed by atoms with Crippen molar-refractivity contribution < 1.29 is 27.0 Å². The Kier molecular flexibility index (Phi) is 7.63. The summed E-state index contributed by atoms with van der Waals surface area (Å²) in [5, 5.41) is 3.01. The van der Waals surface area contributed by atoms with E-state index in [1.165, 1.54) is 12.1 Å². The van der Waals surface area contributed by atoms with Crippen LogP contribution in [0.4, 0.5) is 17.6 Å². The molecule has 0 aliphatic rings. The van der Waals surface area contributed by atoms with E-state index in [1.54, 1.807) is 19.2 Å². The van der Waals surface area contributed by atoms with E-state index in [-0.39, 0.29) is 6.61 Å². The molecule has 1 N–H and O–H groups in total. The summed E-state index contributed by atoms with van der Waals surface area (Å²) < 4.78 is 59.6. The number of methoxy groups -OCH3 is 1. The first kappa shape index (κ1) is 17.9. The number of halogens is 4. The van der Waals surface area contributed by atoms with Gasteiger partial charge < -0.3 is 14.8 Å². The van der Waals surface area contributed by atoms with Crippen LogP contribution >= 0.6 is 0 Å². The molecule has 0 aromatic heterocycles. The molecule has 120 valence electrons. The van der Waals surface area contributed by atoms with Crippen LogP contribution in [-0.2, 0) is 9.47 Å². The normalized spacial score (nSPS) is 13.4. The minimum atomic E-state index is -4.39. The fourth-order valence-corrected chi connectivity index (χ4v) is 1.83. The van der Waals surface area contributed by atoms with E-state index >= 15 is 0 Å². The van der Waals surface area contributed by atoms with Crippen molar-refractivity contribution in [2.75, 3.05) is 40.0 Å². The third-order valence-corrected chi connectivity index (χ3v) is 2.80. The molecule has 7 heteroatoms. The van der Waals surface area contributed by atoms with Crippen molar-refractivity contribution in [2.24, 2.45) is 0 Å². The number of hydrogen-bond acceptors (Lipinski definition) is 3. The highest BCUT2D eigenvalue weighted by Crippen LogP contribution is 2.21. The lowest BCUT2D eigenvalue weighted by atomic mass is 9.99. The van der Waals surface area contributed by atoms with Gasteiger partial charge in [0.1, 0.15) is 12.4 Å². The minimum Gasteiger partial charge on any atom is -0.383 e. The highest BCUT2D eigenvalue weighted by molar-refractivity contribution is 5.22. The molecule has 21 heavy (non-hydrogen) atoms. The van der Waals surface area contributed by atoms with E-state index in [9.17, 15) is 17.6 Å². The first-order chi connectivity index (χ1) is 9.94. The molecule has 1 unspecified atom stereocenters. The summed E-state index contributed by atoms with van der Waals surface area (Å²) in [5.74, 6) is -0.947. The molecule has 0 heterocycles. The van der Waals surface area contributed by atoms with Crippen molar-refractivity contribution in [1.29, 1.82) is 0 Å². The summed E-state index contributed by atoms with van der Waals surface area (Å²) in [5.41, 5.74) is 0.338. The van der Waals surface area contributed by atoms with Crippen molar-refractivity contribution in [3.05, 3.63) is 35.6 Å². The van der Waals surface area contributed by atoms with Crippen molar-refractivity contribution in [3.63, 3.8) is 0 Å². The SMILES string of the molecule is COCCNCC(COCC(F)(F)F)c1ccccc1F. The first-order valence-corrected chi connectivity index (χ1v) is 6.52. The molecule has 0 amide bonds. The Morgan fingerprint density at radius 2 is 1.95 bits per heavy atom. The number of ether oxygens (including phenoxy) is 2. The molecular weight excluding hydrogens is 290 g/mol. The van der Waals surface area contributed by atoms with Crippen LogP contribution in [-0.4, -0.2) is 46.2 Å². The van der Waals surface area contributed by atoms with Crippen LogP contribution < -0.4 is 5.32 Å². The number of nitrogens with one attached hydrogen (secondary N) is 1. The van der Waals surface area contributed by atoms with Gasteiger partial charge >= 0.3 is 6.18 Å². The average Bonchev–Trinajstić information content (AvgIpc) is 2.41. The summed E-state index contributed by atoms with van der Waals surface area (Å²) >= 11 is 0. The number of rotatable bonds is 9. The number of hydrogen-bond donors (Lipinski definition) is 1. The Hall–Kier alpha value is -1.18. The minimum absolute atomic E-state index is 0.208. The molecule has 1 atom stereocenters. The molecule has 0 bridgehead atoms. The maximum atomic E-state index is 13.7. The van der Waals surface area contributed by atoms with E-state index in [4.69, 9.17) is 4.74 Å². The van der Waals surface area contributed by atoms with Gasteiger partial charge in [-0.2, -0.15) is 13.2 Å². The van der Waals surface area contributed by atoms with Crippen molar-refractivity contribution in [2.45, 2.75) is 12.1 Å². The molecule has 0 fully saturated rings. The van der Waals surface area contributed by atoms with E-state index in [2.05, 4.69) is 10.1 Å². The quantitative estimate of drug-likeness (QED) is 0.562. The van der Waals surface area contributed by atoms with Gasteiger partial charge in [0, 0.05) is 26.1 Å². The molecule has 0 spiro atoms. The van der Waals surface area contributed by atoms with E-state index in [0.717, 1.165) is 0 Å². The fourth-order valence-electron chi connectivity index (χ4n) is 1.83. The third-order valence-electron chi connectivity index (χ3n) is 2.80. The molecule has 0 aliphatic carbocycles. The second-order valence-corrected chi connectivity index (χ2v) is 4.55. The van der Waals surface area contributed by atoms with Gasteiger partial charge in [0.05, 0.1) is 13.2 Å². The predicted octanol–water partition coefficient (Wildman–Crippen LogP) is 2.72. The van der Waals surface area contributed by atoms with Gasteiger partial charge in [-0.15, -0.1) is 0 Å². The van der Waals surface area contributed by atoms with Gasteiger partial charge in [0.25, 0.3) is 0 Å². The number of alkyl halides is 3. The van der Waals surface area contributed by atoms with Crippen molar-refractivity contribution in [1.82, 2.24) is 5.32 Å². The topological polar surface area (TPSA) is 30.5 Å². The van der Waals surface area contributed by atoms with E-state index in [1.807, 2.05) is 0 Å². The Morgan fingerprint density at radius 3 is 2.57 bits per heavy atom. The Balaban J connectivity index is 2.59. The predicted molar refractivity (Wildman–Crippen MR) is 70.8 cm³/mol. The second kappa shape index (κ2) is 8.96. The Morgan fingerprint density at radius 1 is 1.24 bits per heavy atom. The molecule has 0 saturated heterocycles. The van der Waals surface area contributed by atoms with Gasteiger partial charge in [0.15, 0.2) is 0 Å². The zero-order chi connectivity index (χ0) is 15.7. The molecular formula is C14H19F4NO2. The van der Waals surface area contributed by atoms with Gasteiger partial charge in [0.2, 0.25) is 0 Å². The average molecular weight is 309 g/mol. The van der Waals surface area contributed by atoms with Crippen LogP contribution in [0.25, 0.3) is 0 Å². The summed E-state index contributed by atoms with van der Waals surface area (Å²) in [6.07, 6.45) is -4.39. The number of benzene rings is 1. The fraction of sp³-hybridized carbons (Fsp3) is 0.571. The van der Waals surface area contributed by atoms with Crippen LogP contribution in [0, 0.1) is 5.82 Å². The molecule has 0 saturated carbocycles. The summed E-state index contributed by atoms with van der Waals surface area (Å²) in [6, 6.07) is 6.01. The van der Waals surface area contributed by atoms with Crippen LogP contribution in [0.2, 0.25) is 0 Å². The summed E-state index contributed by atoms with van der Waals surface area (Å²) in [4.78, 5) is 0. The monoisotopic (exact) mass is 309 g/mol. The molecule has 1 aromatic carbocycles. The Bertz CT molecular complexity index is 412.